The zero-order valence-electron chi connectivity index (χ0n) is 6.27. The van der Waals surface area contributed by atoms with E-state index in [9.17, 15) is 4.79 Å². The number of hydrogen-bond acceptors (Lipinski definition) is 3. The summed E-state index contributed by atoms with van der Waals surface area (Å²) in [6.45, 7) is 0. The molecule has 0 atom stereocenters. The SMILES string of the molecule is COc1cc(=O)oc(CBr)c1Br. The number of halogens is 2. The molecule has 1 aromatic rings. The van der Waals surface area contributed by atoms with Gasteiger partial charge in [-0.1, -0.05) is 15.9 Å². The van der Waals surface area contributed by atoms with Gasteiger partial charge in [-0.25, -0.2) is 4.79 Å². The molecule has 0 aromatic carbocycles. The van der Waals surface area contributed by atoms with Crippen molar-refractivity contribution in [1.82, 2.24) is 0 Å². The van der Waals surface area contributed by atoms with Crippen LogP contribution in [0.4, 0.5) is 0 Å². The Morgan fingerprint density at radius 1 is 1.67 bits per heavy atom. The third kappa shape index (κ3) is 1.90. The second kappa shape index (κ2) is 4.09. The maximum absolute atomic E-state index is 10.9. The van der Waals surface area contributed by atoms with Gasteiger partial charge in [-0.05, 0) is 15.9 Å². The van der Waals surface area contributed by atoms with Crippen molar-refractivity contribution in [2.24, 2.45) is 0 Å². The molecular formula is C7H6Br2O3. The summed E-state index contributed by atoms with van der Waals surface area (Å²) < 4.78 is 10.5. The van der Waals surface area contributed by atoms with Crippen LogP contribution in [0.25, 0.3) is 0 Å². The number of alkyl halides is 1. The molecule has 0 bridgehead atoms. The predicted molar refractivity (Wildman–Crippen MR) is 51.9 cm³/mol. The summed E-state index contributed by atoms with van der Waals surface area (Å²) in [7, 11) is 1.50. The van der Waals surface area contributed by atoms with Gasteiger partial charge in [-0.3, -0.25) is 0 Å². The molecule has 0 saturated heterocycles. The van der Waals surface area contributed by atoms with Crippen LogP contribution >= 0.6 is 31.9 Å². The van der Waals surface area contributed by atoms with Crippen molar-refractivity contribution >= 4 is 31.9 Å². The van der Waals surface area contributed by atoms with Gasteiger partial charge in [0.2, 0.25) is 0 Å². The van der Waals surface area contributed by atoms with Crippen LogP contribution in [0.15, 0.2) is 19.8 Å². The third-order valence-electron chi connectivity index (χ3n) is 1.28. The van der Waals surface area contributed by atoms with Gasteiger partial charge in [0, 0.05) is 0 Å². The molecule has 0 unspecified atom stereocenters. The summed E-state index contributed by atoms with van der Waals surface area (Å²) in [5.74, 6) is 1.01. The second-order valence-electron chi connectivity index (χ2n) is 2.00. The van der Waals surface area contributed by atoms with Gasteiger partial charge in [0.15, 0.2) is 0 Å². The van der Waals surface area contributed by atoms with Crippen molar-refractivity contribution < 1.29 is 9.15 Å². The van der Waals surface area contributed by atoms with E-state index in [0.29, 0.717) is 21.3 Å². The first-order valence-electron chi connectivity index (χ1n) is 3.11. The van der Waals surface area contributed by atoms with Crippen LogP contribution < -0.4 is 10.4 Å². The minimum absolute atomic E-state index is 0.412. The highest BCUT2D eigenvalue weighted by Crippen LogP contribution is 2.27. The van der Waals surface area contributed by atoms with E-state index in [4.69, 9.17) is 9.15 Å². The van der Waals surface area contributed by atoms with E-state index in [2.05, 4.69) is 31.9 Å². The Balaban J connectivity index is 3.32. The molecule has 12 heavy (non-hydrogen) atoms. The van der Waals surface area contributed by atoms with E-state index in [1.54, 1.807) is 0 Å². The summed E-state index contributed by atoms with van der Waals surface area (Å²) >= 11 is 6.44. The lowest BCUT2D eigenvalue weighted by Crippen LogP contribution is -2.01. The molecule has 0 saturated carbocycles. The number of hydrogen-bond donors (Lipinski definition) is 0. The highest BCUT2D eigenvalue weighted by Gasteiger charge is 2.09. The van der Waals surface area contributed by atoms with Crippen LogP contribution in [0.3, 0.4) is 0 Å². The van der Waals surface area contributed by atoms with Crippen LogP contribution in [0.2, 0.25) is 0 Å². The molecule has 0 radical (unpaired) electrons. The van der Waals surface area contributed by atoms with E-state index in [1.807, 2.05) is 0 Å². The smallest absolute Gasteiger partial charge is 0.339 e. The lowest BCUT2D eigenvalue weighted by Gasteiger charge is -2.03. The van der Waals surface area contributed by atoms with E-state index >= 15 is 0 Å². The zero-order chi connectivity index (χ0) is 9.14. The Morgan fingerprint density at radius 3 is 2.83 bits per heavy atom. The van der Waals surface area contributed by atoms with E-state index in [-0.39, 0.29) is 0 Å². The summed E-state index contributed by atoms with van der Waals surface area (Å²) in [6, 6.07) is 1.29. The monoisotopic (exact) mass is 296 g/mol. The Bertz CT molecular complexity index is 304. The van der Waals surface area contributed by atoms with Crippen LogP contribution in [0, 0.1) is 0 Å². The largest absolute Gasteiger partial charge is 0.495 e. The van der Waals surface area contributed by atoms with Crippen LogP contribution in [0.1, 0.15) is 5.76 Å². The van der Waals surface area contributed by atoms with Gasteiger partial charge < -0.3 is 9.15 Å². The lowest BCUT2D eigenvalue weighted by molar-refractivity contribution is 0.391. The number of methoxy groups -OCH3 is 1. The zero-order valence-corrected chi connectivity index (χ0v) is 9.44. The molecule has 1 aromatic heterocycles. The molecule has 66 valence electrons. The quantitative estimate of drug-likeness (QED) is 0.787. The Hall–Kier alpha value is -0.290. The van der Waals surface area contributed by atoms with Gasteiger partial charge in [0.25, 0.3) is 0 Å². The van der Waals surface area contributed by atoms with Crippen molar-refractivity contribution in [3.05, 3.63) is 26.7 Å². The normalized spacial score (nSPS) is 9.92. The molecule has 3 nitrogen and oxygen atoms in total. The topological polar surface area (TPSA) is 39.4 Å². The summed E-state index contributed by atoms with van der Waals surface area (Å²) in [5, 5.41) is 0.472. The first-order valence-corrected chi connectivity index (χ1v) is 5.03. The highest BCUT2D eigenvalue weighted by atomic mass is 79.9. The standard InChI is InChI=1S/C7H6Br2O3/c1-11-4-2-6(10)12-5(3-8)7(4)9/h2H,3H2,1H3. The van der Waals surface area contributed by atoms with Crippen molar-refractivity contribution in [3.8, 4) is 5.75 Å². The van der Waals surface area contributed by atoms with Gasteiger partial charge in [-0.2, -0.15) is 0 Å². The molecular weight excluding hydrogens is 292 g/mol. The first-order chi connectivity index (χ1) is 5.69. The van der Waals surface area contributed by atoms with Crippen molar-refractivity contribution in [2.75, 3.05) is 7.11 Å². The summed E-state index contributed by atoms with van der Waals surface area (Å²) in [4.78, 5) is 10.9. The molecule has 0 N–H and O–H groups in total. The molecule has 1 heterocycles. The maximum Gasteiger partial charge on any atom is 0.339 e. The molecule has 0 aliphatic heterocycles. The van der Waals surface area contributed by atoms with Gasteiger partial charge in [0.05, 0.1) is 23.0 Å². The van der Waals surface area contributed by atoms with Crippen molar-refractivity contribution in [3.63, 3.8) is 0 Å². The predicted octanol–water partition coefficient (Wildman–Crippen LogP) is 2.31. The fourth-order valence-electron chi connectivity index (χ4n) is 0.738. The van der Waals surface area contributed by atoms with Gasteiger partial charge in [-0.15, -0.1) is 0 Å². The molecule has 1 rings (SSSR count). The molecule has 0 aliphatic carbocycles. The number of rotatable bonds is 2. The molecule has 0 aliphatic rings. The van der Waals surface area contributed by atoms with Crippen LogP contribution in [-0.2, 0) is 5.33 Å². The van der Waals surface area contributed by atoms with Crippen molar-refractivity contribution in [2.45, 2.75) is 5.33 Å². The van der Waals surface area contributed by atoms with E-state index < -0.39 is 5.63 Å². The third-order valence-corrected chi connectivity index (χ3v) is 2.62. The molecule has 0 spiro atoms. The molecule has 0 amide bonds. The first kappa shape index (κ1) is 9.80. The minimum Gasteiger partial charge on any atom is -0.495 e. The lowest BCUT2D eigenvalue weighted by atomic mass is 10.4. The maximum atomic E-state index is 10.9. The van der Waals surface area contributed by atoms with Crippen molar-refractivity contribution in [1.29, 1.82) is 0 Å². The summed E-state index contributed by atoms with van der Waals surface area (Å²) in [5.41, 5.74) is -0.412. The highest BCUT2D eigenvalue weighted by molar-refractivity contribution is 9.10. The second-order valence-corrected chi connectivity index (χ2v) is 3.36. The molecule has 0 fully saturated rings. The fourth-order valence-corrected chi connectivity index (χ4v) is 2.01. The minimum atomic E-state index is -0.412. The Morgan fingerprint density at radius 2 is 2.33 bits per heavy atom. The summed E-state index contributed by atoms with van der Waals surface area (Å²) in [6.07, 6.45) is 0. The fraction of sp³-hybridized carbons (Fsp3) is 0.286. The molecule has 5 heteroatoms. The van der Waals surface area contributed by atoms with E-state index in [0.717, 1.165) is 0 Å². The van der Waals surface area contributed by atoms with Gasteiger partial charge >= 0.3 is 5.63 Å². The van der Waals surface area contributed by atoms with Crippen LogP contribution in [-0.4, -0.2) is 7.11 Å². The van der Waals surface area contributed by atoms with Gasteiger partial charge in [0.1, 0.15) is 11.5 Å². The average molecular weight is 298 g/mol. The Kier molecular flexibility index (Phi) is 3.34. The number of ether oxygens (including phenoxy) is 1. The average Bonchev–Trinajstić information content (AvgIpc) is 2.08. The van der Waals surface area contributed by atoms with Crippen LogP contribution in [0.5, 0.6) is 5.75 Å². The van der Waals surface area contributed by atoms with E-state index in [1.165, 1.54) is 13.2 Å². The Labute approximate surface area is 86.0 Å².